The third-order valence-electron chi connectivity index (χ3n) is 2.86. The zero-order chi connectivity index (χ0) is 12.3. The molecule has 0 radical (unpaired) electrons. The second-order valence-electron chi connectivity index (χ2n) is 3.84. The summed E-state index contributed by atoms with van der Waals surface area (Å²) in [6, 6.07) is 0. The second-order valence-corrected chi connectivity index (χ2v) is 3.84. The maximum atomic E-state index is 11.3. The van der Waals surface area contributed by atoms with Gasteiger partial charge in [0, 0.05) is 19.1 Å². The molecule has 0 aromatic rings. The Hall–Kier alpha value is -1.62. The van der Waals surface area contributed by atoms with Crippen molar-refractivity contribution in [1.82, 2.24) is 0 Å². The number of carboxylic acid groups (broad SMARTS) is 2. The molecule has 1 unspecified atom stereocenters. The number of carboxylic acids is 2. The summed E-state index contributed by atoms with van der Waals surface area (Å²) in [5, 5.41) is 18.1. The fraction of sp³-hybridized carbons (Fsp3) is 0.455. The Balaban J connectivity index is 3.14. The van der Waals surface area contributed by atoms with E-state index >= 15 is 0 Å². The van der Waals surface area contributed by atoms with Gasteiger partial charge < -0.3 is 14.9 Å². The van der Waals surface area contributed by atoms with Gasteiger partial charge in [0.25, 0.3) is 0 Å². The summed E-state index contributed by atoms with van der Waals surface area (Å²) < 4.78 is 4.90. The first kappa shape index (κ1) is 12.4. The summed E-state index contributed by atoms with van der Waals surface area (Å²) in [6.07, 6.45) is 2.92. The quantitative estimate of drug-likeness (QED) is 0.749. The fourth-order valence-electron chi connectivity index (χ4n) is 1.77. The van der Waals surface area contributed by atoms with Crippen molar-refractivity contribution < 1.29 is 24.5 Å². The van der Waals surface area contributed by atoms with Crippen LogP contribution < -0.4 is 0 Å². The maximum Gasteiger partial charge on any atom is 0.331 e. The average Bonchev–Trinajstić information content (AvgIpc) is 2.20. The molecule has 2 N–H and O–H groups in total. The molecule has 0 saturated heterocycles. The van der Waals surface area contributed by atoms with Gasteiger partial charge in [-0.15, -0.1) is 0 Å². The minimum absolute atomic E-state index is 0.0325. The van der Waals surface area contributed by atoms with E-state index in [4.69, 9.17) is 9.84 Å². The first-order valence-electron chi connectivity index (χ1n) is 4.77. The van der Waals surface area contributed by atoms with E-state index in [9.17, 15) is 14.7 Å². The van der Waals surface area contributed by atoms with Crippen LogP contribution >= 0.6 is 0 Å². The number of rotatable bonds is 4. The molecular formula is C11H14O5. The van der Waals surface area contributed by atoms with Crippen molar-refractivity contribution in [3.05, 3.63) is 23.3 Å². The number of carbonyl (C=O) groups is 2. The van der Waals surface area contributed by atoms with E-state index in [-0.39, 0.29) is 18.6 Å². The summed E-state index contributed by atoms with van der Waals surface area (Å²) in [5.74, 6) is -2.15. The molecule has 1 aliphatic carbocycles. The first-order chi connectivity index (χ1) is 7.44. The molecule has 0 spiro atoms. The number of allylic oxidation sites excluding steroid dienone is 2. The summed E-state index contributed by atoms with van der Waals surface area (Å²) >= 11 is 0. The van der Waals surface area contributed by atoms with Crippen molar-refractivity contribution in [3.8, 4) is 0 Å². The van der Waals surface area contributed by atoms with Crippen molar-refractivity contribution in [2.45, 2.75) is 13.3 Å². The van der Waals surface area contributed by atoms with Gasteiger partial charge in [0.15, 0.2) is 0 Å². The lowest BCUT2D eigenvalue weighted by Gasteiger charge is -2.32. The van der Waals surface area contributed by atoms with Crippen LogP contribution in [0.15, 0.2) is 23.3 Å². The van der Waals surface area contributed by atoms with Gasteiger partial charge in [0.05, 0.1) is 6.61 Å². The predicted octanol–water partition coefficient (Wildman–Crippen LogP) is 1.06. The van der Waals surface area contributed by atoms with E-state index in [1.807, 2.05) is 0 Å². The van der Waals surface area contributed by atoms with E-state index in [2.05, 4.69) is 0 Å². The van der Waals surface area contributed by atoms with Crippen molar-refractivity contribution in [1.29, 1.82) is 0 Å². The molecule has 0 aromatic heterocycles. The van der Waals surface area contributed by atoms with Crippen LogP contribution in [0.2, 0.25) is 0 Å². The highest BCUT2D eigenvalue weighted by atomic mass is 16.5. The van der Waals surface area contributed by atoms with Crippen molar-refractivity contribution in [3.63, 3.8) is 0 Å². The molecule has 16 heavy (non-hydrogen) atoms. The molecule has 0 fully saturated rings. The van der Waals surface area contributed by atoms with E-state index in [0.717, 1.165) is 0 Å². The number of aliphatic carboxylic acids is 2. The lowest BCUT2D eigenvalue weighted by molar-refractivity contribution is -0.149. The lowest BCUT2D eigenvalue weighted by Crippen LogP contribution is -2.39. The van der Waals surface area contributed by atoms with Gasteiger partial charge >= 0.3 is 11.9 Å². The van der Waals surface area contributed by atoms with Crippen LogP contribution in [0.1, 0.15) is 13.3 Å². The zero-order valence-corrected chi connectivity index (χ0v) is 9.19. The number of methoxy groups -OCH3 is 1. The molecule has 88 valence electrons. The summed E-state index contributed by atoms with van der Waals surface area (Å²) in [6.45, 7) is 1.64. The van der Waals surface area contributed by atoms with E-state index in [1.54, 1.807) is 6.92 Å². The average molecular weight is 226 g/mol. The standard InChI is InChI=1S/C11H14O5/c1-7-3-4-8(9(12)13)5-11(7,6-16-2)10(14)15/h3-4H,5-6H2,1-2H3,(H,12,13)(H,14,15). The van der Waals surface area contributed by atoms with Gasteiger partial charge in [-0.05, 0) is 6.92 Å². The zero-order valence-electron chi connectivity index (χ0n) is 9.19. The largest absolute Gasteiger partial charge is 0.481 e. The highest BCUT2D eigenvalue weighted by Crippen LogP contribution is 2.38. The Morgan fingerprint density at radius 1 is 1.44 bits per heavy atom. The van der Waals surface area contributed by atoms with Crippen LogP contribution in [0.3, 0.4) is 0 Å². The molecule has 1 aliphatic rings. The molecule has 0 aromatic carbocycles. The smallest absolute Gasteiger partial charge is 0.331 e. The highest BCUT2D eigenvalue weighted by molar-refractivity contribution is 5.90. The third kappa shape index (κ3) is 1.99. The first-order valence-corrected chi connectivity index (χ1v) is 4.77. The third-order valence-corrected chi connectivity index (χ3v) is 2.86. The number of ether oxygens (including phenoxy) is 1. The van der Waals surface area contributed by atoms with E-state index in [1.165, 1.54) is 19.3 Å². The van der Waals surface area contributed by atoms with Crippen molar-refractivity contribution in [2.75, 3.05) is 13.7 Å². The molecule has 0 heterocycles. The van der Waals surface area contributed by atoms with Crippen LogP contribution in [0, 0.1) is 5.41 Å². The highest BCUT2D eigenvalue weighted by Gasteiger charge is 2.43. The topological polar surface area (TPSA) is 83.8 Å². The van der Waals surface area contributed by atoms with Crippen molar-refractivity contribution in [2.24, 2.45) is 5.41 Å². The SMILES string of the molecule is COCC1(C(=O)O)CC(C(=O)O)=CC=C1C. The molecule has 1 atom stereocenters. The van der Waals surface area contributed by atoms with E-state index < -0.39 is 17.4 Å². The van der Waals surface area contributed by atoms with Gasteiger partial charge in [-0.1, -0.05) is 17.7 Å². The predicted molar refractivity (Wildman–Crippen MR) is 56.0 cm³/mol. The Morgan fingerprint density at radius 3 is 2.50 bits per heavy atom. The van der Waals surface area contributed by atoms with Crippen LogP contribution in [-0.2, 0) is 14.3 Å². The molecule has 0 saturated carbocycles. The molecular weight excluding hydrogens is 212 g/mol. The van der Waals surface area contributed by atoms with Crippen LogP contribution in [0.25, 0.3) is 0 Å². The molecule has 0 amide bonds. The van der Waals surface area contributed by atoms with Gasteiger partial charge in [0.1, 0.15) is 5.41 Å². The molecule has 5 nitrogen and oxygen atoms in total. The number of hydrogen-bond acceptors (Lipinski definition) is 3. The minimum atomic E-state index is -1.25. The lowest BCUT2D eigenvalue weighted by atomic mass is 9.73. The van der Waals surface area contributed by atoms with Gasteiger partial charge in [-0.2, -0.15) is 0 Å². The monoisotopic (exact) mass is 226 g/mol. The summed E-state index contributed by atoms with van der Waals surface area (Å²) in [7, 11) is 1.40. The maximum absolute atomic E-state index is 11.3. The Bertz CT molecular complexity index is 380. The summed E-state index contributed by atoms with van der Waals surface area (Å²) in [4.78, 5) is 22.1. The van der Waals surface area contributed by atoms with Crippen LogP contribution in [0.4, 0.5) is 0 Å². The van der Waals surface area contributed by atoms with Gasteiger partial charge in [0.2, 0.25) is 0 Å². The van der Waals surface area contributed by atoms with E-state index in [0.29, 0.717) is 5.57 Å². The number of hydrogen-bond donors (Lipinski definition) is 2. The van der Waals surface area contributed by atoms with Gasteiger partial charge in [-0.25, -0.2) is 4.79 Å². The van der Waals surface area contributed by atoms with Crippen LogP contribution in [0.5, 0.6) is 0 Å². The summed E-state index contributed by atoms with van der Waals surface area (Å²) in [5.41, 5.74) is -0.561. The second kappa shape index (κ2) is 4.49. The molecule has 5 heteroatoms. The normalized spacial score (nSPS) is 24.6. The molecule has 1 rings (SSSR count). The molecule has 0 bridgehead atoms. The fourth-order valence-corrected chi connectivity index (χ4v) is 1.77. The van der Waals surface area contributed by atoms with Crippen molar-refractivity contribution >= 4 is 11.9 Å². The Labute approximate surface area is 93.0 Å². The minimum Gasteiger partial charge on any atom is -0.481 e. The molecule has 0 aliphatic heterocycles. The van der Waals surface area contributed by atoms with Crippen LogP contribution in [-0.4, -0.2) is 35.9 Å². The van der Waals surface area contributed by atoms with Gasteiger partial charge in [-0.3, -0.25) is 4.79 Å². The Morgan fingerprint density at radius 2 is 2.06 bits per heavy atom. The Kier molecular flexibility index (Phi) is 3.49.